The van der Waals surface area contributed by atoms with Crippen molar-refractivity contribution < 1.29 is 23.1 Å². The van der Waals surface area contributed by atoms with Gasteiger partial charge < -0.3 is 10.4 Å². The molecule has 0 aliphatic heterocycles. The van der Waals surface area contributed by atoms with Crippen molar-refractivity contribution in [3.8, 4) is 12.3 Å². The first-order chi connectivity index (χ1) is 11.3. The maximum Gasteiger partial charge on any atom is 0.305 e. The molecule has 1 fully saturated rings. The number of carboxylic acids is 1. The van der Waals surface area contributed by atoms with E-state index in [1.54, 1.807) is 0 Å². The highest BCUT2D eigenvalue weighted by Crippen LogP contribution is 2.35. The van der Waals surface area contributed by atoms with E-state index in [-0.39, 0.29) is 23.4 Å². The molecular weight excluding hydrogens is 332 g/mol. The fraction of sp³-hybridized carbons (Fsp3) is 0.375. The molecule has 7 nitrogen and oxygen atoms in total. The lowest BCUT2D eigenvalue weighted by molar-refractivity contribution is -0.139. The molecule has 8 heteroatoms. The molecule has 0 aromatic heterocycles. The molecule has 0 spiro atoms. The number of hydrogen-bond acceptors (Lipinski definition) is 4. The second kappa shape index (κ2) is 7.03. The van der Waals surface area contributed by atoms with Crippen LogP contribution in [0.1, 0.15) is 36.0 Å². The fourth-order valence-electron chi connectivity index (χ4n) is 2.56. The SMILES string of the molecule is C#CCNS(=O)(=O)c1ccc(C(=O)NC2(CC(=O)O)CCC2)cc1. The Kier molecular flexibility index (Phi) is 5.26. The Bertz CT molecular complexity index is 774. The van der Waals surface area contributed by atoms with Gasteiger partial charge in [0.15, 0.2) is 0 Å². The van der Waals surface area contributed by atoms with Crippen LogP contribution in [-0.2, 0) is 14.8 Å². The van der Waals surface area contributed by atoms with Crippen molar-refractivity contribution in [3.63, 3.8) is 0 Å². The normalized spacial score (nSPS) is 15.8. The molecule has 0 bridgehead atoms. The summed E-state index contributed by atoms with van der Waals surface area (Å²) in [6, 6.07) is 5.37. The fourth-order valence-corrected chi connectivity index (χ4v) is 3.49. The maximum atomic E-state index is 12.3. The van der Waals surface area contributed by atoms with Crippen LogP contribution in [0.4, 0.5) is 0 Å². The zero-order valence-electron chi connectivity index (χ0n) is 12.9. The summed E-state index contributed by atoms with van der Waals surface area (Å²) in [6.07, 6.45) is 7.00. The van der Waals surface area contributed by atoms with Gasteiger partial charge in [-0.15, -0.1) is 6.42 Å². The average molecular weight is 350 g/mol. The molecule has 1 aromatic carbocycles. The smallest absolute Gasteiger partial charge is 0.305 e. The molecular formula is C16H18N2O5S. The highest BCUT2D eigenvalue weighted by Gasteiger charge is 2.40. The maximum absolute atomic E-state index is 12.3. The van der Waals surface area contributed by atoms with E-state index in [2.05, 4.69) is 16.0 Å². The summed E-state index contributed by atoms with van der Waals surface area (Å²) in [6.45, 7) is -0.123. The van der Waals surface area contributed by atoms with E-state index in [9.17, 15) is 18.0 Å². The van der Waals surface area contributed by atoms with Gasteiger partial charge in [0.05, 0.1) is 23.4 Å². The van der Waals surface area contributed by atoms with Crippen LogP contribution in [0.3, 0.4) is 0 Å². The molecule has 1 aromatic rings. The minimum absolute atomic E-state index is 0.00167. The molecule has 2 rings (SSSR count). The van der Waals surface area contributed by atoms with Crippen molar-refractivity contribution in [2.45, 2.75) is 36.1 Å². The molecule has 1 aliphatic rings. The van der Waals surface area contributed by atoms with Crippen molar-refractivity contribution in [1.82, 2.24) is 10.0 Å². The zero-order valence-corrected chi connectivity index (χ0v) is 13.7. The molecule has 1 saturated carbocycles. The van der Waals surface area contributed by atoms with Gasteiger partial charge in [-0.25, -0.2) is 8.42 Å². The number of aliphatic carboxylic acids is 1. The summed E-state index contributed by atoms with van der Waals surface area (Å²) in [5.41, 5.74) is -0.440. The summed E-state index contributed by atoms with van der Waals surface area (Å²) in [5.74, 6) is 0.793. The van der Waals surface area contributed by atoms with Gasteiger partial charge in [-0.05, 0) is 43.5 Å². The van der Waals surface area contributed by atoms with Crippen LogP contribution in [0, 0.1) is 12.3 Å². The van der Waals surface area contributed by atoms with Crippen molar-refractivity contribution >= 4 is 21.9 Å². The van der Waals surface area contributed by atoms with Crippen LogP contribution in [-0.4, -0.2) is 37.5 Å². The van der Waals surface area contributed by atoms with Gasteiger partial charge in [-0.2, -0.15) is 4.72 Å². The third-order valence-electron chi connectivity index (χ3n) is 3.97. The number of benzene rings is 1. The minimum atomic E-state index is -3.71. The van der Waals surface area contributed by atoms with Crippen LogP contribution < -0.4 is 10.0 Å². The van der Waals surface area contributed by atoms with Crippen LogP contribution >= 0.6 is 0 Å². The number of sulfonamides is 1. The molecule has 0 radical (unpaired) electrons. The molecule has 0 heterocycles. The van der Waals surface area contributed by atoms with E-state index in [4.69, 9.17) is 11.5 Å². The monoisotopic (exact) mass is 350 g/mol. The first-order valence-electron chi connectivity index (χ1n) is 7.35. The summed E-state index contributed by atoms with van der Waals surface area (Å²) >= 11 is 0. The van der Waals surface area contributed by atoms with Crippen LogP contribution in [0.25, 0.3) is 0 Å². The predicted octanol–water partition coefficient (Wildman–Crippen LogP) is 0.725. The summed E-state index contributed by atoms with van der Waals surface area (Å²) < 4.78 is 26.0. The highest BCUT2D eigenvalue weighted by molar-refractivity contribution is 7.89. The van der Waals surface area contributed by atoms with Crippen LogP contribution in [0.5, 0.6) is 0 Å². The number of carboxylic acid groups (broad SMARTS) is 1. The molecule has 24 heavy (non-hydrogen) atoms. The van der Waals surface area contributed by atoms with E-state index in [1.165, 1.54) is 24.3 Å². The van der Waals surface area contributed by atoms with Gasteiger partial charge in [-0.3, -0.25) is 9.59 Å². The molecule has 0 saturated heterocycles. The Morgan fingerprint density at radius 1 is 1.25 bits per heavy atom. The lowest BCUT2D eigenvalue weighted by Crippen LogP contribution is -2.54. The minimum Gasteiger partial charge on any atom is -0.481 e. The zero-order chi connectivity index (χ0) is 17.8. The van der Waals surface area contributed by atoms with Gasteiger partial charge >= 0.3 is 5.97 Å². The number of carbonyl (C=O) groups is 2. The standard InChI is InChI=1S/C16H18N2O5S/c1-2-10-17-24(22,23)13-6-4-12(5-7-13)15(21)18-16(8-3-9-16)11-14(19)20/h1,4-7,17H,3,8-11H2,(H,18,21)(H,19,20). The second-order valence-electron chi connectivity index (χ2n) is 5.71. The number of nitrogens with one attached hydrogen (secondary N) is 2. The van der Waals surface area contributed by atoms with E-state index >= 15 is 0 Å². The van der Waals surface area contributed by atoms with Gasteiger partial charge in [0.25, 0.3) is 5.91 Å². The molecule has 3 N–H and O–H groups in total. The quantitative estimate of drug-likeness (QED) is 0.628. The van der Waals surface area contributed by atoms with Gasteiger partial charge in [0.1, 0.15) is 0 Å². The summed E-state index contributed by atoms with van der Waals surface area (Å²) in [7, 11) is -3.71. The lowest BCUT2D eigenvalue weighted by Gasteiger charge is -2.41. The first-order valence-corrected chi connectivity index (χ1v) is 8.84. The molecule has 128 valence electrons. The van der Waals surface area contributed by atoms with Gasteiger partial charge in [0.2, 0.25) is 10.0 Å². The van der Waals surface area contributed by atoms with E-state index in [0.29, 0.717) is 12.8 Å². The predicted molar refractivity (Wildman–Crippen MR) is 86.8 cm³/mol. The third kappa shape index (κ3) is 4.13. The first kappa shape index (κ1) is 18.0. The molecule has 0 unspecified atom stereocenters. The second-order valence-corrected chi connectivity index (χ2v) is 7.48. The van der Waals surface area contributed by atoms with Gasteiger partial charge in [0, 0.05) is 5.56 Å². The highest BCUT2D eigenvalue weighted by atomic mass is 32.2. The summed E-state index contributed by atoms with van der Waals surface area (Å²) in [5, 5.41) is 11.7. The Morgan fingerprint density at radius 2 is 1.88 bits per heavy atom. The average Bonchev–Trinajstić information content (AvgIpc) is 2.50. The Morgan fingerprint density at radius 3 is 2.33 bits per heavy atom. The van der Waals surface area contributed by atoms with Crippen molar-refractivity contribution in [3.05, 3.63) is 29.8 Å². The Hall–Kier alpha value is -2.37. The summed E-state index contributed by atoms with van der Waals surface area (Å²) in [4.78, 5) is 23.2. The molecule has 1 amide bonds. The Balaban J connectivity index is 2.09. The van der Waals surface area contributed by atoms with Crippen molar-refractivity contribution in [2.24, 2.45) is 0 Å². The Labute approximate surface area is 140 Å². The van der Waals surface area contributed by atoms with Crippen molar-refractivity contribution in [1.29, 1.82) is 0 Å². The number of rotatable bonds is 7. The van der Waals surface area contributed by atoms with E-state index in [0.717, 1.165) is 6.42 Å². The van der Waals surface area contributed by atoms with Crippen molar-refractivity contribution in [2.75, 3.05) is 6.54 Å². The third-order valence-corrected chi connectivity index (χ3v) is 5.39. The lowest BCUT2D eigenvalue weighted by atomic mass is 9.74. The van der Waals surface area contributed by atoms with Gasteiger partial charge in [-0.1, -0.05) is 5.92 Å². The molecule has 0 atom stereocenters. The number of carbonyl (C=O) groups excluding carboxylic acids is 1. The van der Waals surface area contributed by atoms with Crippen LogP contribution in [0.15, 0.2) is 29.2 Å². The van der Waals surface area contributed by atoms with E-state index < -0.39 is 27.4 Å². The van der Waals surface area contributed by atoms with E-state index in [1.807, 2.05) is 0 Å². The number of terminal acetylenes is 1. The topological polar surface area (TPSA) is 113 Å². The number of amides is 1. The molecule has 1 aliphatic carbocycles. The largest absolute Gasteiger partial charge is 0.481 e. The van der Waals surface area contributed by atoms with Crippen LogP contribution in [0.2, 0.25) is 0 Å². The number of hydrogen-bond donors (Lipinski definition) is 3.